The Balaban J connectivity index is 1.48. The molecule has 0 atom stereocenters. The largest absolute Gasteiger partial charge is 0.204 e. The first-order valence-corrected chi connectivity index (χ1v) is 14.2. The van der Waals surface area contributed by atoms with Gasteiger partial charge in [0.1, 0.15) is 0 Å². The number of rotatable bonds is 13. The van der Waals surface area contributed by atoms with Crippen molar-refractivity contribution < 1.29 is 13.2 Å². The van der Waals surface area contributed by atoms with Gasteiger partial charge in [-0.25, -0.2) is 13.2 Å². The highest BCUT2D eigenvalue weighted by Crippen LogP contribution is 2.52. The van der Waals surface area contributed by atoms with Crippen LogP contribution >= 0.6 is 0 Å². The minimum absolute atomic E-state index is 0.317. The maximum Gasteiger partial charge on any atom is 0.194 e. The summed E-state index contributed by atoms with van der Waals surface area (Å²) in [5, 5.41) is 0. The van der Waals surface area contributed by atoms with E-state index in [9.17, 15) is 13.2 Å². The van der Waals surface area contributed by atoms with Crippen LogP contribution < -0.4 is 0 Å². The molecule has 2 aliphatic rings. The van der Waals surface area contributed by atoms with Crippen LogP contribution in [-0.2, 0) is 6.42 Å². The predicted molar refractivity (Wildman–Crippen MR) is 133 cm³/mol. The van der Waals surface area contributed by atoms with Gasteiger partial charge in [0, 0.05) is 0 Å². The zero-order valence-corrected chi connectivity index (χ0v) is 21.1. The lowest BCUT2D eigenvalue weighted by molar-refractivity contribution is 0.0378. The molecule has 3 rings (SSSR count). The fraction of sp³-hybridized carbons (Fsp3) is 0.800. The van der Waals surface area contributed by atoms with Gasteiger partial charge in [0.2, 0.25) is 0 Å². The third-order valence-corrected chi connectivity index (χ3v) is 8.99. The molecule has 0 heterocycles. The molecule has 0 N–H and O–H groups in total. The van der Waals surface area contributed by atoms with Gasteiger partial charge < -0.3 is 0 Å². The first-order chi connectivity index (χ1) is 16.0. The van der Waals surface area contributed by atoms with Crippen molar-refractivity contribution in [2.24, 2.45) is 17.3 Å². The van der Waals surface area contributed by atoms with Gasteiger partial charge in [-0.15, -0.1) is 0 Å². The third-order valence-electron chi connectivity index (χ3n) is 8.99. The van der Waals surface area contributed by atoms with Gasteiger partial charge >= 0.3 is 0 Å². The third kappa shape index (κ3) is 8.03. The summed E-state index contributed by atoms with van der Waals surface area (Å²) in [6.07, 6.45) is 25.9. The molecule has 1 aromatic carbocycles. The average Bonchev–Trinajstić information content (AvgIpc) is 2.84. The van der Waals surface area contributed by atoms with E-state index in [1.54, 1.807) is 0 Å². The molecule has 0 spiro atoms. The molecule has 0 unspecified atom stereocenters. The van der Waals surface area contributed by atoms with Crippen molar-refractivity contribution in [2.75, 3.05) is 0 Å². The van der Waals surface area contributed by atoms with Gasteiger partial charge in [-0.2, -0.15) is 0 Å². The van der Waals surface area contributed by atoms with E-state index in [1.165, 1.54) is 128 Å². The van der Waals surface area contributed by atoms with E-state index in [1.807, 2.05) is 0 Å². The van der Waals surface area contributed by atoms with E-state index >= 15 is 0 Å². The van der Waals surface area contributed by atoms with E-state index in [2.05, 4.69) is 6.92 Å². The van der Waals surface area contributed by atoms with Crippen LogP contribution in [0.3, 0.4) is 0 Å². The quantitative estimate of drug-likeness (QED) is 0.201. The second-order valence-corrected chi connectivity index (χ2v) is 11.3. The SMILES string of the molecule is CCCCCCCCCCC1CCC(CCc2cc(F)c(F)c(F)c2)(C2CCCCC2)CC1. The van der Waals surface area contributed by atoms with Crippen LogP contribution in [0.2, 0.25) is 0 Å². The average molecular weight is 465 g/mol. The molecule has 3 heteroatoms. The smallest absolute Gasteiger partial charge is 0.194 e. The number of unbranched alkanes of at least 4 members (excludes halogenated alkanes) is 7. The normalized spacial score (nSPS) is 24.3. The molecule has 2 fully saturated rings. The van der Waals surface area contributed by atoms with E-state index in [0.29, 0.717) is 17.4 Å². The zero-order valence-electron chi connectivity index (χ0n) is 21.1. The summed E-state index contributed by atoms with van der Waals surface area (Å²) in [6, 6.07) is 2.42. The van der Waals surface area contributed by atoms with Crippen molar-refractivity contribution in [3.05, 3.63) is 35.1 Å². The van der Waals surface area contributed by atoms with Crippen LogP contribution in [-0.4, -0.2) is 0 Å². The number of benzene rings is 1. The minimum atomic E-state index is -1.35. The van der Waals surface area contributed by atoms with E-state index < -0.39 is 17.5 Å². The second-order valence-electron chi connectivity index (χ2n) is 11.3. The Morgan fingerprint density at radius 3 is 1.94 bits per heavy atom. The second kappa shape index (κ2) is 13.8. The highest BCUT2D eigenvalue weighted by Gasteiger charge is 2.41. The molecular weight excluding hydrogens is 417 g/mol. The Bertz CT molecular complexity index is 661. The number of aryl methyl sites for hydroxylation is 1. The standard InChI is InChI=1S/C30H47F3/c1-2-3-4-5-6-7-8-10-13-24-16-19-30(20-17-24,26-14-11-9-12-15-26)21-18-25-22-27(31)29(33)28(32)23-25/h22-24,26H,2-21H2,1H3. The van der Waals surface area contributed by atoms with Crippen LogP contribution in [0.25, 0.3) is 0 Å². The van der Waals surface area contributed by atoms with Gasteiger partial charge in [-0.05, 0) is 86.3 Å². The van der Waals surface area contributed by atoms with Crippen LogP contribution in [0.1, 0.15) is 134 Å². The van der Waals surface area contributed by atoms with Gasteiger partial charge in [-0.3, -0.25) is 0 Å². The van der Waals surface area contributed by atoms with Gasteiger partial charge in [0.05, 0.1) is 0 Å². The summed E-state index contributed by atoms with van der Waals surface area (Å²) < 4.78 is 40.9. The van der Waals surface area contributed by atoms with E-state index in [-0.39, 0.29) is 0 Å². The Morgan fingerprint density at radius 1 is 0.758 bits per heavy atom. The highest BCUT2D eigenvalue weighted by molar-refractivity contribution is 5.20. The van der Waals surface area contributed by atoms with Gasteiger partial charge in [-0.1, -0.05) is 84.0 Å². The lowest BCUT2D eigenvalue weighted by Crippen LogP contribution is -2.37. The van der Waals surface area contributed by atoms with Gasteiger partial charge in [0.25, 0.3) is 0 Å². The van der Waals surface area contributed by atoms with Gasteiger partial charge in [0.15, 0.2) is 17.5 Å². The summed E-state index contributed by atoms with van der Waals surface area (Å²) in [7, 11) is 0. The fourth-order valence-electron chi connectivity index (χ4n) is 6.83. The van der Waals surface area contributed by atoms with Crippen molar-refractivity contribution in [1.29, 1.82) is 0 Å². The zero-order chi connectivity index (χ0) is 23.5. The van der Waals surface area contributed by atoms with Crippen LogP contribution in [0.4, 0.5) is 13.2 Å². The van der Waals surface area contributed by atoms with Crippen LogP contribution in [0, 0.1) is 34.7 Å². The van der Waals surface area contributed by atoms with Crippen LogP contribution in [0.5, 0.6) is 0 Å². The van der Waals surface area contributed by atoms with Crippen molar-refractivity contribution in [2.45, 2.75) is 135 Å². The van der Waals surface area contributed by atoms with Crippen molar-refractivity contribution >= 4 is 0 Å². The predicted octanol–water partition coefficient (Wildman–Crippen LogP) is 10.3. The Labute approximate surface area is 201 Å². The summed E-state index contributed by atoms with van der Waals surface area (Å²) in [6.45, 7) is 2.27. The molecule has 0 saturated heterocycles. The minimum Gasteiger partial charge on any atom is -0.204 e. The molecule has 2 saturated carbocycles. The molecule has 0 aromatic heterocycles. The highest BCUT2D eigenvalue weighted by atomic mass is 19.2. The molecule has 33 heavy (non-hydrogen) atoms. The van der Waals surface area contributed by atoms with Crippen LogP contribution in [0.15, 0.2) is 12.1 Å². The topological polar surface area (TPSA) is 0 Å². The molecule has 2 aliphatic carbocycles. The van der Waals surface area contributed by atoms with Crippen molar-refractivity contribution in [3.63, 3.8) is 0 Å². The van der Waals surface area contributed by atoms with E-state index in [4.69, 9.17) is 0 Å². The lowest BCUT2D eigenvalue weighted by Gasteiger charge is -2.48. The molecule has 0 bridgehead atoms. The molecule has 188 valence electrons. The summed E-state index contributed by atoms with van der Waals surface area (Å²) in [5.41, 5.74) is 0.931. The van der Waals surface area contributed by atoms with Crippen molar-refractivity contribution in [3.8, 4) is 0 Å². The number of halogens is 3. The molecule has 0 radical (unpaired) electrons. The Kier molecular flexibility index (Phi) is 11.1. The fourth-order valence-corrected chi connectivity index (χ4v) is 6.83. The first kappa shape index (κ1) is 26.6. The first-order valence-electron chi connectivity index (χ1n) is 14.2. The van der Waals surface area contributed by atoms with E-state index in [0.717, 1.165) is 18.3 Å². The number of hydrogen-bond acceptors (Lipinski definition) is 0. The molecule has 1 aromatic rings. The molecule has 0 amide bonds. The van der Waals surface area contributed by atoms with Crippen molar-refractivity contribution in [1.82, 2.24) is 0 Å². The summed E-state index contributed by atoms with van der Waals surface area (Å²) in [5.74, 6) is -1.83. The monoisotopic (exact) mass is 464 g/mol. The maximum absolute atomic E-state index is 13.7. The lowest BCUT2D eigenvalue weighted by atomic mass is 9.58. The maximum atomic E-state index is 13.7. The molecule has 0 aliphatic heterocycles. The molecule has 0 nitrogen and oxygen atoms in total. The Morgan fingerprint density at radius 2 is 1.33 bits per heavy atom. The molecular formula is C30H47F3. The Hall–Kier alpha value is -0.990. The number of hydrogen-bond donors (Lipinski definition) is 0. The summed E-state index contributed by atoms with van der Waals surface area (Å²) >= 11 is 0. The summed E-state index contributed by atoms with van der Waals surface area (Å²) in [4.78, 5) is 0.